The Morgan fingerprint density at radius 3 is 2.80 bits per heavy atom. The third kappa shape index (κ3) is 3.67. The Morgan fingerprint density at radius 1 is 1.12 bits per heavy atom. The molecular formula is C18H16FN3OS2. The predicted molar refractivity (Wildman–Crippen MR) is 101 cm³/mol. The number of benzene rings is 1. The van der Waals surface area contributed by atoms with Crippen molar-refractivity contribution < 1.29 is 9.18 Å². The van der Waals surface area contributed by atoms with E-state index in [0.717, 1.165) is 45.6 Å². The van der Waals surface area contributed by atoms with Crippen molar-refractivity contribution in [1.29, 1.82) is 0 Å². The average molecular weight is 373 g/mol. The Balaban J connectivity index is 1.53. The molecule has 1 saturated heterocycles. The van der Waals surface area contributed by atoms with Gasteiger partial charge in [-0.15, -0.1) is 0 Å². The van der Waals surface area contributed by atoms with Crippen LogP contribution < -0.4 is 5.32 Å². The zero-order chi connectivity index (χ0) is 17.2. The summed E-state index contributed by atoms with van der Waals surface area (Å²) < 4.78 is 13.3. The first-order valence-electron chi connectivity index (χ1n) is 8.09. The first-order chi connectivity index (χ1) is 12.2. The highest BCUT2D eigenvalue weighted by atomic mass is 32.2. The first kappa shape index (κ1) is 16.5. The van der Waals surface area contributed by atoms with Gasteiger partial charge in [0.05, 0.1) is 4.88 Å². The maximum absolute atomic E-state index is 13.3. The van der Waals surface area contributed by atoms with Crippen LogP contribution in [-0.2, 0) is 4.79 Å². The van der Waals surface area contributed by atoms with Crippen molar-refractivity contribution in [3.63, 3.8) is 0 Å². The van der Waals surface area contributed by atoms with Crippen LogP contribution in [0.4, 0.5) is 9.52 Å². The van der Waals surface area contributed by atoms with E-state index < -0.39 is 5.95 Å². The van der Waals surface area contributed by atoms with Gasteiger partial charge in [0.25, 0.3) is 0 Å². The van der Waals surface area contributed by atoms with Crippen LogP contribution in [0.1, 0.15) is 12.8 Å². The summed E-state index contributed by atoms with van der Waals surface area (Å²) in [5.41, 5.74) is 0.949. The van der Waals surface area contributed by atoms with E-state index in [2.05, 4.69) is 15.3 Å². The fraction of sp³-hybridized carbons (Fsp3) is 0.278. The maximum Gasteiger partial charge on any atom is 0.229 e. The molecule has 128 valence electrons. The number of anilines is 1. The van der Waals surface area contributed by atoms with Gasteiger partial charge in [0.1, 0.15) is 0 Å². The van der Waals surface area contributed by atoms with E-state index in [1.807, 2.05) is 30.0 Å². The molecule has 1 amide bonds. The van der Waals surface area contributed by atoms with Crippen LogP contribution in [-0.4, -0.2) is 27.4 Å². The lowest BCUT2D eigenvalue weighted by atomic mass is 10.0. The molecule has 0 spiro atoms. The van der Waals surface area contributed by atoms with Gasteiger partial charge in [-0.2, -0.15) is 16.2 Å². The van der Waals surface area contributed by atoms with Crippen molar-refractivity contribution in [2.45, 2.75) is 12.8 Å². The highest BCUT2D eigenvalue weighted by Gasteiger charge is 2.22. The zero-order valence-corrected chi connectivity index (χ0v) is 15.0. The largest absolute Gasteiger partial charge is 0.302 e. The zero-order valence-electron chi connectivity index (χ0n) is 13.4. The van der Waals surface area contributed by atoms with Crippen molar-refractivity contribution in [3.05, 3.63) is 42.6 Å². The molecule has 7 heteroatoms. The number of hydrogen-bond acceptors (Lipinski definition) is 5. The van der Waals surface area contributed by atoms with Crippen LogP contribution in [0.2, 0.25) is 0 Å². The summed E-state index contributed by atoms with van der Waals surface area (Å²) in [5.74, 6) is 1.75. The topological polar surface area (TPSA) is 54.9 Å². The number of rotatable bonds is 3. The van der Waals surface area contributed by atoms with Crippen molar-refractivity contribution in [2.24, 2.45) is 5.92 Å². The minimum Gasteiger partial charge on any atom is -0.302 e. The number of carbonyl (C=O) groups excluding carboxylic acids is 1. The number of thiazole rings is 1. The quantitative estimate of drug-likeness (QED) is 0.683. The number of amides is 1. The van der Waals surface area contributed by atoms with Gasteiger partial charge < -0.3 is 5.32 Å². The number of nitrogens with zero attached hydrogens (tertiary/aromatic N) is 2. The summed E-state index contributed by atoms with van der Waals surface area (Å²) in [7, 11) is 0. The van der Waals surface area contributed by atoms with E-state index in [1.54, 1.807) is 6.20 Å². The van der Waals surface area contributed by atoms with Gasteiger partial charge in [-0.1, -0.05) is 23.5 Å². The molecule has 4 nitrogen and oxygen atoms in total. The molecule has 1 aliphatic rings. The Bertz CT molecular complexity index is 922. The third-order valence-electron chi connectivity index (χ3n) is 4.30. The molecule has 0 atom stereocenters. The maximum atomic E-state index is 13.3. The molecule has 4 rings (SSSR count). The minimum atomic E-state index is -0.493. The van der Waals surface area contributed by atoms with Gasteiger partial charge in [0.2, 0.25) is 11.9 Å². The van der Waals surface area contributed by atoms with Crippen molar-refractivity contribution in [2.75, 3.05) is 16.8 Å². The number of pyridine rings is 1. The number of thioether (sulfide) groups is 1. The monoisotopic (exact) mass is 373 g/mol. The first-order valence-corrected chi connectivity index (χ1v) is 10.1. The van der Waals surface area contributed by atoms with Gasteiger partial charge in [-0.3, -0.25) is 4.79 Å². The van der Waals surface area contributed by atoms with E-state index in [1.165, 1.54) is 23.6 Å². The number of hydrogen-bond donors (Lipinski definition) is 1. The smallest absolute Gasteiger partial charge is 0.229 e. The number of aromatic nitrogens is 2. The summed E-state index contributed by atoms with van der Waals surface area (Å²) in [6.45, 7) is 0. The number of halogens is 1. The molecule has 0 bridgehead atoms. The normalized spacial score (nSPS) is 15.4. The van der Waals surface area contributed by atoms with Gasteiger partial charge in [0, 0.05) is 29.8 Å². The van der Waals surface area contributed by atoms with E-state index >= 15 is 0 Å². The fourth-order valence-electron chi connectivity index (χ4n) is 2.90. The molecule has 0 saturated carbocycles. The lowest BCUT2D eigenvalue weighted by Gasteiger charge is -2.19. The third-order valence-corrected chi connectivity index (χ3v) is 6.31. The van der Waals surface area contributed by atoms with Gasteiger partial charge in [0.15, 0.2) is 5.13 Å². The molecule has 1 aliphatic heterocycles. The Kier molecular flexibility index (Phi) is 4.67. The molecule has 0 unspecified atom stereocenters. The molecule has 3 heterocycles. The second-order valence-electron chi connectivity index (χ2n) is 5.97. The van der Waals surface area contributed by atoms with Crippen molar-refractivity contribution in [1.82, 2.24) is 9.97 Å². The molecule has 1 fully saturated rings. The summed E-state index contributed by atoms with van der Waals surface area (Å²) in [5, 5.41) is 5.23. The van der Waals surface area contributed by atoms with Crippen molar-refractivity contribution in [3.8, 4) is 10.4 Å². The minimum absolute atomic E-state index is 0.0628. The second-order valence-corrected chi connectivity index (χ2v) is 8.23. The van der Waals surface area contributed by atoms with E-state index in [9.17, 15) is 9.18 Å². The fourth-order valence-corrected chi connectivity index (χ4v) is 4.82. The van der Waals surface area contributed by atoms with Gasteiger partial charge in [-0.05, 0) is 41.4 Å². The summed E-state index contributed by atoms with van der Waals surface area (Å²) in [6, 6.07) is 7.20. The Labute approximate surface area is 152 Å². The number of fused-ring (bicyclic) bond motifs is 1. The van der Waals surface area contributed by atoms with Crippen molar-refractivity contribution >= 4 is 44.9 Å². The Hall–Kier alpha value is -1.99. The summed E-state index contributed by atoms with van der Waals surface area (Å²) >= 11 is 3.33. The van der Waals surface area contributed by atoms with E-state index in [-0.39, 0.29) is 11.8 Å². The lowest BCUT2D eigenvalue weighted by Crippen LogP contribution is -2.26. The van der Waals surface area contributed by atoms with Crippen LogP contribution in [0.15, 0.2) is 36.7 Å². The lowest BCUT2D eigenvalue weighted by molar-refractivity contribution is -0.120. The molecule has 25 heavy (non-hydrogen) atoms. The van der Waals surface area contributed by atoms with E-state index in [0.29, 0.717) is 5.13 Å². The molecule has 1 N–H and O–H groups in total. The van der Waals surface area contributed by atoms with Crippen LogP contribution in [0.5, 0.6) is 0 Å². The molecule has 0 radical (unpaired) electrons. The standard InChI is InChI=1S/C18H16FN3OS2/c19-16-8-14-7-12(1-2-13(14)9-20-16)15-10-21-18(25-15)22-17(23)11-3-5-24-6-4-11/h1-2,7-11H,3-6H2,(H,21,22,23). The predicted octanol–water partition coefficient (Wildman–Crippen LogP) is 4.58. The van der Waals surface area contributed by atoms with Crippen LogP contribution in [0.3, 0.4) is 0 Å². The number of nitrogens with one attached hydrogen (secondary N) is 1. The van der Waals surface area contributed by atoms with Crippen LogP contribution in [0, 0.1) is 11.9 Å². The molecular weight excluding hydrogens is 357 g/mol. The highest BCUT2D eigenvalue weighted by molar-refractivity contribution is 7.99. The Morgan fingerprint density at radius 2 is 1.96 bits per heavy atom. The molecule has 0 aliphatic carbocycles. The SMILES string of the molecule is O=C(Nc1ncc(-c2ccc3cnc(F)cc3c2)s1)C1CCSCC1. The van der Waals surface area contributed by atoms with Gasteiger partial charge >= 0.3 is 0 Å². The second kappa shape index (κ2) is 7.09. The molecule has 2 aromatic heterocycles. The number of carbonyl (C=O) groups is 1. The van der Waals surface area contributed by atoms with Crippen LogP contribution >= 0.6 is 23.1 Å². The van der Waals surface area contributed by atoms with E-state index in [4.69, 9.17) is 0 Å². The summed E-state index contributed by atoms with van der Waals surface area (Å²) in [6.07, 6.45) is 5.13. The van der Waals surface area contributed by atoms with Gasteiger partial charge in [-0.25, -0.2) is 9.97 Å². The highest BCUT2D eigenvalue weighted by Crippen LogP contribution is 2.32. The van der Waals surface area contributed by atoms with Crippen LogP contribution in [0.25, 0.3) is 21.2 Å². The molecule has 1 aromatic carbocycles. The molecule has 3 aromatic rings. The summed E-state index contributed by atoms with van der Waals surface area (Å²) in [4.78, 5) is 21.2. The average Bonchev–Trinajstić information content (AvgIpc) is 3.10.